The van der Waals surface area contributed by atoms with Crippen molar-refractivity contribution < 1.29 is 19.4 Å². The van der Waals surface area contributed by atoms with Crippen LogP contribution in [0.2, 0.25) is 0 Å². The van der Waals surface area contributed by atoms with E-state index in [9.17, 15) is 9.59 Å². The summed E-state index contributed by atoms with van der Waals surface area (Å²) in [6.07, 6.45) is -0.202. The molecule has 5 heteroatoms. The first kappa shape index (κ1) is 14.7. The van der Waals surface area contributed by atoms with Gasteiger partial charge >= 0.3 is 12.1 Å². The SMILES string of the molecule is CCC(C)OC(=O)N[C@H](C(=O)O)C(C)(C)C. The smallest absolute Gasteiger partial charge is 0.408 e. The lowest BCUT2D eigenvalue weighted by Gasteiger charge is -2.27. The second-order valence-corrected chi connectivity index (χ2v) is 4.91. The van der Waals surface area contributed by atoms with Crippen molar-refractivity contribution in [2.45, 2.75) is 53.2 Å². The maximum atomic E-state index is 11.4. The Balaban J connectivity index is 4.43. The van der Waals surface area contributed by atoms with Gasteiger partial charge in [-0.15, -0.1) is 0 Å². The molecule has 1 amide bonds. The van der Waals surface area contributed by atoms with Crippen molar-refractivity contribution in [1.82, 2.24) is 5.32 Å². The van der Waals surface area contributed by atoms with Gasteiger partial charge in [0.05, 0.1) is 0 Å². The van der Waals surface area contributed by atoms with Crippen molar-refractivity contribution in [3.05, 3.63) is 0 Å². The van der Waals surface area contributed by atoms with Crippen LogP contribution in [0.15, 0.2) is 0 Å². The number of rotatable bonds is 4. The Morgan fingerprint density at radius 1 is 1.38 bits per heavy atom. The van der Waals surface area contributed by atoms with Crippen molar-refractivity contribution >= 4 is 12.1 Å². The van der Waals surface area contributed by atoms with Gasteiger partial charge in [0.25, 0.3) is 0 Å². The molecule has 0 heterocycles. The highest BCUT2D eigenvalue weighted by atomic mass is 16.6. The zero-order valence-corrected chi connectivity index (χ0v) is 10.5. The quantitative estimate of drug-likeness (QED) is 0.776. The molecule has 16 heavy (non-hydrogen) atoms. The van der Waals surface area contributed by atoms with E-state index in [0.29, 0.717) is 6.42 Å². The van der Waals surface area contributed by atoms with Gasteiger partial charge in [-0.3, -0.25) is 0 Å². The number of alkyl carbamates (subject to hydrolysis) is 1. The molecule has 1 unspecified atom stereocenters. The molecule has 0 aromatic rings. The summed E-state index contributed by atoms with van der Waals surface area (Å²) >= 11 is 0. The molecule has 0 aliphatic carbocycles. The molecule has 0 fully saturated rings. The van der Waals surface area contributed by atoms with Gasteiger partial charge in [-0.25, -0.2) is 9.59 Å². The molecule has 0 saturated carbocycles. The van der Waals surface area contributed by atoms with Gasteiger partial charge in [0.15, 0.2) is 0 Å². The van der Waals surface area contributed by atoms with Crippen LogP contribution in [-0.4, -0.2) is 29.3 Å². The summed E-state index contributed by atoms with van der Waals surface area (Å²) in [4.78, 5) is 22.3. The van der Waals surface area contributed by atoms with Crippen molar-refractivity contribution in [2.75, 3.05) is 0 Å². The third kappa shape index (κ3) is 5.00. The number of ether oxygens (including phenoxy) is 1. The Labute approximate surface area is 96.2 Å². The molecule has 0 aromatic heterocycles. The van der Waals surface area contributed by atoms with E-state index in [1.54, 1.807) is 27.7 Å². The number of hydrogen-bond donors (Lipinski definition) is 2. The molecule has 94 valence electrons. The predicted molar refractivity (Wildman–Crippen MR) is 60.2 cm³/mol. The third-order valence-corrected chi connectivity index (χ3v) is 2.26. The molecule has 2 atom stereocenters. The standard InChI is InChI=1S/C11H21NO4/c1-6-7(2)16-10(15)12-8(9(13)14)11(3,4)5/h7-8H,6H2,1-5H3,(H,12,15)(H,13,14)/t7?,8-/m1/s1. The number of carbonyl (C=O) groups excluding carboxylic acids is 1. The summed E-state index contributed by atoms with van der Waals surface area (Å²) in [5, 5.41) is 11.3. The topological polar surface area (TPSA) is 75.6 Å². The minimum Gasteiger partial charge on any atom is -0.480 e. The lowest BCUT2D eigenvalue weighted by molar-refractivity contribution is -0.142. The molecule has 0 aromatic carbocycles. The van der Waals surface area contributed by atoms with Gasteiger partial charge in [-0.2, -0.15) is 0 Å². The molecular formula is C11H21NO4. The summed E-state index contributed by atoms with van der Waals surface area (Å²) in [5.74, 6) is -1.06. The molecule has 2 N–H and O–H groups in total. The largest absolute Gasteiger partial charge is 0.480 e. The molecule has 0 aliphatic rings. The summed E-state index contributed by atoms with van der Waals surface area (Å²) in [6.45, 7) is 8.88. The van der Waals surface area contributed by atoms with Crippen LogP contribution in [0.1, 0.15) is 41.0 Å². The van der Waals surface area contributed by atoms with Crippen molar-refractivity contribution in [1.29, 1.82) is 0 Å². The summed E-state index contributed by atoms with van der Waals surface area (Å²) in [5.41, 5.74) is -0.555. The van der Waals surface area contributed by atoms with E-state index in [0.717, 1.165) is 0 Å². The molecule has 5 nitrogen and oxygen atoms in total. The number of aliphatic carboxylic acids is 1. The van der Waals surface area contributed by atoms with Crippen LogP contribution in [0.3, 0.4) is 0 Å². The summed E-state index contributed by atoms with van der Waals surface area (Å²) in [7, 11) is 0. The fourth-order valence-corrected chi connectivity index (χ4v) is 1.07. The van der Waals surface area contributed by atoms with E-state index >= 15 is 0 Å². The summed E-state index contributed by atoms with van der Waals surface area (Å²) < 4.78 is 4.96. The fraction of sp³-hybridized carbons (Fsp3) is 0.818. The number of carboxylic acids is 1. The first-order chi connectivity index (χ1) is 7.18. The van der Waals surface area contributed by atoms with E-state index in [1.807, 2.05) is 6.92 Å². The van der Waals surface area contributed by atoms with Crippen LogP contribution in [-0.2, 0) is 9.53 Å². The molecule has 0 rings (SSSR count). The first-order valence-electron chi connectivity index (χ1n) is 5.38. The van der Waals surface area contributed by atoms with Gasteiger partial charge in [-0.1, -0.05) is 27.7 Å². The molecule has 0 aliphatic heterocycles. The lowest BCUT2D eigenvalue weighted by atomic mass is 9.87. The van der Waals surface area contributed by atoms with E-state index in [-0.39, 0.29) is 6.10 Å². The summed E-state index contributed by atoms with van der Waals surface area (Å²) in [6, 6.07) is -0.955. The average Bonchev–Trinajstić information content (AvgIpc) is 2.11. The van der Waals surface area contributed by atoms with Crippen LogP contribution >= 0.6 is 0 Å². The second kappa shape index (κ2) is 5.72. The van der Waals surface area contributed by atoms with Gasteiger partial charge in [0, 0.05) is 0 Å². The van der Waals surface area contributed by atoms with Crippen LogP contribution in [0.25, 0.3) is 0 Å². The highest BCUT2D eigenvalue weighted by Gasteiger charge is 2.33. The Kier molecular flexibility index (Phi) is 5.27. The first-order valence-corrected chi connectivity index (χ1v) is 5.38. The molecule has 0 radical (unpaired) electrons. The second-order valence-electron chi connectivity index (χ2n) is 4.91. The molecule has 0 spiro atoms. The normalized spacial score (nSPS) is 15.1. The monoisotopic (exact) mass is 231 g/mol. The van der Waals surface area contributed by atoms with Crippen LogP contribution < -0.4 is 5.32 Å². The van der Waals surface area contributed by atoms with E-state index in [4.69, 9.17) is 9.84 Å². The Morgan fingerprint density at radius 3 is 2.19 bits per heavy atom. The fourth-order valence-electron chi connectivity index (χ4n) is 1.07. The maximum absolute atomic E-state index is 11.4. The Bertz CT molecular complexity index is 257. The number of carboxylic acid groups (broad SMARTS) is 1. The Hall–Kier alpha value is -1.26. The van der Waals surface area contributed by atoms with E-state index < -0.39 is 23.5 Å². The maximum Gasteiger partial charge on any atom is 0.408 e. The van der Waals surface area contributed by atoms with Crippen molar-refractivity contribution in [3.8, 4) is 0 Å². The molecule has 0 bridgehead atoms. The third-order valence-electron chi connectivity index (χ3n) is 2.26. The van der Waals surface area contributed by atoms with Crippen LogP contribution in [0.5, 0.6) is 0 Å². The van der Waals surface area contributed by atoms with Crippen LogP contribution in [0.4, 0.5) is 4.79 Å². The lowest BCUT2D eigenvalue weighted by Crippen LogP contribution is -2.49. The zero-order valence-electron chi connectivity index (χ0n) is 10.5. The van der Waals surface area contributed by atoms with Crippen LogP contribution in [0, 0.1) is 5.41 Å². The van der Waals surface area contributed by atoms with Crippen molar-refractivity contribution in [3.63, 3.8) is 0 Å². The number of amides is 1. The number of nitrogens with one attached hydrogen (secondary N) is 1. The van der Waals surface area contributed by atoms with Gasteiger partial charge in [-0.05, 0) is 18.8 Å². The minimum atomic E-state index is -1.06. The molecule has 0 saturated heterocycles. The van der Waals surface area contributed by atoms with E-state index in [2.05, 4.69) is 5.32 Å². The average molecular weight is 231 g/mol. The highest BCUT2D eigenvalue weighted by molar-refractivity contribution is 5.80. The molecular weight excluding hydrogens is 210 g/mol. The predicted octanol–water partition coefficient (Wildman–Crippen LogP) is 2.01. The minimum absolute atomic E-state index is 0.214. The number of carbonyl (C=O) groups is 2. The van der Waals surface area contributed by atoms with Gasteiger partial charge < -0.3 is 15.2 Å². The van der Waals surface area contributed by atoms with Crippen molar-refractivity contribution in [2.24, 2.45) is 5.41 Å². The van der Waals surface area contributed by atoms with Gasteiger partial charge in [0.1, 0.15) is 12.1 Å². The van der Waals surface area contributed by atoms with Gasteiger partial charge in [0.2, 0.25) is 0 Å². The van der Waals surface area contributed by atoms with E-state index in [1.165, 1.54) is 0 Å². The Morgan fingerprint density at radius 2 is 1.88 bits per heavy atom. The zero-order chi connectivity index (χ0) is 12.9. The highest BCUT2D eigenvalue weighted by Crippen LogP contribution is 2.19. The number of hydrogen-bond acceptors (Lipinski definition) is 3.